The Morgan fingerprint density at radius 1 is 1.15 bits per heavy atom. The Morgan fingerprint density at radius 2 is 1.95 bits per heavy atom. The first kappa shape index (κ1) is 25.7. The summed E-state index contributed by atoms with van der Waals surface area (Å²) in [5, 5.41) is 12.1. The highest BCUT2D eigenvalue weighted by molar-refractivity contribution is 7.10. The van der Waals surface area contributed by atoms with Crippen LogP contribution in [0.5, 0.6) is 0 Å². The van der Waals surface area contributed by atoms with Gasteiger partial charge in [-0.2, -0.15) is 5.26 Å². The molecule has 7 nitrogen and oxygen atoms in total. The van der Waals surface area contributed by atoms with Gasteiger partial charge in [0.2, 0.25) is 0 Å². The molecule has 4 heterocycles. The van der Waals surface area contributed by atoms with Crippen molar-refractivity contribution in [3.63, 3.8) is 0 Å². The highest BCUT2D eigenvalue weighted by Gasteiger charge is 2.33. The second kappa shape index (κ2) is 10.6. The van der Waals surface area contributed by atoms with E-state index in [1.807, 2.05) is 72.3 Å². The topological polar surface area (TPSA) is 89.4 Å². The minimum atomic E-state index is -0.588. The number of thiophene rings is 1. The zero-order chi connectivity index (χ0) is 27.8. The van der Waals surface area contributed by atoms with Crippen LogP contribution in [0.15, 0.2) is 93.3 Å². The summed E-state index contributed by atoms with van der Waals surface area (Å²) in [6.45, 7) is 4.42. The third kappa shape index (κ3) is 4.51. The zero-order valence-electron chi connectivity index (χ0n) is 21.8. The molecule has 1 aliphatic rings. The molecule has 0 spiro atoms. The molecule has 0 radical (unpaired) electrons. The molecule has 6 rings (SSSR count). The maximum absolute atomic E-state index is 13.9. The number of aromatic nitrogens is 2. The SMILES string of the molecule is CCOC(=O)C1=C(C)N=c2s/c(=C\c3cn(Cc4ccc(C#N)cc4)c4ccccc34)c(=O)n2[C@@H]1c1cccs1. The predicted octanol–water partition coefficient (Wildman–Crippen LogP) is 4.73. The third-order valence-corrected chi connectivity index (χ3v) is 8.78. The average molecular weight is 565 g/mol. The Kier molecular flexibility index (Phi) is 6.80. The van der Waals surface area contributed by atoms with Crippen LogP contribution >= 0.6 is 22.7 Å². The van der Waals surface area contributed by atoms with Crippen molar-refractivity contribution in [2.24, 2.45) is 4.99 Å². The second-order valence-electron chi connectivity index (χ2n) is 9.36. The molecule has 0 saturated heterocycles. The number of benzene rings is 2. The largest absolute Gasteiger partial charge is 0.463 e. The standard InChI is InChI=1S/C31H24N4O3S2/c1-3-38-30(37)27-19(2)33-31-35(28(27)25-9-6-14-39-25)29(36)26(40-31)15-22-18-34(24-8-5-4-7-23(22)24)17-21-12-10-20(16-32)11-13-21/h4-15,18,28H,3,17H2,1-2H3/b26-15-/t28-/m1/s1. The van der Waals surface area contributed by atoms with Crippen molar-refractivity contribution in [2.45, 2.75) is 26.4 Å². The van der Waals surface area contributed by atoms with Crippen LogP contribution in [0.2, 0.25) is 0 Å². The van der Waals surface area contributed by atoms with E-state index in [1.54, 1.807) is 18.4 Å². The number of ether oxygens (including phenoxy) is 1. The van der Waals surface area contributed by atoms with Gasteiger partial charge in [0.25, 0.3) is 5.56 Å². The van der Waals surface area contributed by atoms with Gasteiger partial charge in [0, 0.05) is 34.1 Å². The fourth-order valence-electron chi connectivity index (χ4n) is 5.05. The Labute approximate surface area is 237 Å². The molecule has 2 aromatic carbocycles. The summed E-state index contributed by atoms with van der Waals surface area (Å²) in [6.07, 6.45) is 3.96. The molecule has 5 aromatic rings. The van der Waals surface area contributed by atoms with Crippen molar-refractivity contribution in [1.29, 1.82) is 5.26 Å². The molecule has 0 fully saturated rings. The van der Waals surface area contributed by atoms with E-state index in [4.69, 9.17) is 10.00 Å². The maximum Gasteiger partial charge on any atom is 0.338 e. The summed E-state index contributed by atoms with van der Waals surface area (Å²) in [4.78, 5) is 33.0. The molecular weight excluding hydrogens is 541 g/mol. The van der Waals surface area contributed by atoms with Gasteiger partial charge in [-0.3, -0.25) is 9.36 Å². The molecular formula is C31H24N4O3S2. The van der Waals surface area contributed by atoms with Crippen LogP contribution in [0.1, 0.15) is 41.5 Å². The number of hydrogen-bond donors (Lipinski definition) is 0. The fourth-order valence-corrected chi connectivity index (χ4v) is 6.91. The summed E-state index contributed by atoms with van der Waals surface area (Å²) in [5.74, 6) is -0.456. The smallest absolute Gasteiger partial charge is 0.338 e. The zero-order valence-corrected chi connectivity index (χ0v) is 23.5. The molecule has 0 unspecified atom stereocenters. The molecule has 0 N–H and O–H groups in total. The summed E-state index contributed by atoms with van der Waals surface area (Å²) < 4.78 is 9.67. The molecule has 198 valence electrons. The molecule has 0 bridgehead atoms. The van der Waals surface area contributed by atoms with Crippen molar-refractivity contribution >= 4 is 45.6 Å². The fraction of sp³-hybridized carbons (Fsp3) is 0.161. The lowest BCUT2D eigenvalue weighted by atomic mass is 10.0. The number of para-hydroxylation sites is 1. The van der Waals surface area contributed by atoms with Crippen LogP contribution in [0, 0.1) is 11.3 Å². The van der Waals surface area contributed by atoms with Gasteiger partial charge >= 0.3 is 5.97 Å². The van der Waals surface area contributed by atoms with E-state index in [1.165, 1.54) is 22.7 Å². The molecule has 1 atom stereocenters. The van der Waals surface area contributed by atoms with Gasteiger partial charge in [-0.05, 0) is 55.1 Å². The summed E-state index contributed by atoms with van der Waals surface area (Å²) >= 11 is 2.82. The van der Waals surface area contributed by atoms with Gasteiger partial charge in [0.1, 0.15) is 6.04 Å². The van der Waals surface area contributed by atoms with E-state index in [-0.39, 0.29) is 12.2 Å². The molecule has 3 aromatic heterocycles. The van der Waals surface area contributed by atoms with Crippen LogP contribution in [0.4, 0.5) is 0 Å². The van der Waals surface area contributed by atoms with E-state index >= 15 is 0 Å². The van der Waals surface area contributed by atoms with Gasteiger partial charge in [0.15, 0.2) is 4.80 Å². The first-order valence-corrected chi connectivity index (χ1v) is 14.5. The Balaban J connectivity index is 1.48. The van der Waals surface area contributed by atoms with Gasteiger partial charge in [-0.25, -0.2) is 9.79 Å². The average Bonchev–Trinajstić information content (AvgIpc) is 3.68. The number of rotatable bonds is 6. The summed E-state index contributed by atoms with van der Waals surface area (Å²) in [6, 6.07) is 21.1. The van der Waals surface area contributed by atoms with E-state index in [0.717, 1.165) is 26.9 Å². The van der Waals surface area contributed by atoms with Gasteiger partial charge in [-0.15, -0.1) is 11.3 Å². The highest BCUT2D eigenvalue weighted by atomic mass is 32.1. The molecule has 0 aliphatic carbocycles. The first-order chi connectivity index (χ1) is 19.5. The van der Waals surface area contributed by atoms with Crippen LogP contribution in [0.3, 0.4) is 0 Å². The Bertz CT molecular complexity index is 2000. The minimum Gasteiger partial charge on any atom is -0.463 e. The first-order valence-electron chi connectivity index (χ1n) is 12.8. The molecule has 0 saturated carbocycles. The molecule has 40 heavy (non-hydrogen) atoms. The number of carbonyl (C=O) groups is 1. The van der Waals surface area contributed by atoms with E-state index < -0.39 is 12.0 Å². The minimum absolute atomic E-state index is 0.194. The van der Waals surface area contributed by atoms with Crippen LogP contribution in [-0.2, 0) is 16.1 Å². The van der Waals surface area contributed by atoms with Crippen LogP contribution in [0.25, 0.3) is 17.0 Å². The number of esters is 1. The Hall–Kier alpha value is -4.52. The monoisotopic (exact) mass is 564 g/mol. The van der Waals surface area contributed by atoms with Gasteiger partial charge in [0.05, 0.1) is 34.0 Å². The number of allylic oxidation sites excluding steroid dienone is 1. The molecule has 9 heteroatoms. The van der Waals surface area contributed by atoms with Crippen molar-refractivity contribution in [3.05, 3.63) is 125 Å². The van der Waals surface area contributed by atoms with E-state index in [9.17, 15) is 9.59 Å². The summed E-state index contributed by atoms with van der Waals surface area (Å²) in [5.41, 5.74) is 4.42. The van der Waals surface area contributed by atoms with Crippen molar-refractivity contribution in [3.8, 4) is 6.07 Å². The number of fused-ring (bicyclic) bond motifs is 2. The number of carbonyl (C=O) groups excluding carboxylic acids is 1. The Morgan fingerprint density at radius 3 is 2.67 bits per heavy atom. The van der Waals surface area contributed by atoms with E-state index in [2.05, 4.69) is 21.7 Å². The van der Waals surface area contributed by atoms with Crippen molar-refractivity contribution in [2.75, 3.05) is 6.61 Å². The van der Waals surface area contributed by atoms with Crippen molar-refractivity contribution < 1.29 is 9.53 Å². The maximum atomic E-state index is 13.9. The lowest BCUT2D eigenvalue weighted by Crippen LogP contribution is -2.39. The predicted molar refractivity (Wildman–Crippen MR) is 157 cm³/mol. The van der Waals surface area contributed by atoms with Gasteiger partial charge < -0.3 is 9.30 Å². The van der Waals surface area contributed by atoms with E-state index in [0.29, 0.717) is 32.7 Å². The van der Waals surface area contributed by atoms with Crippen LogP contribution in [-0.4, -0.2) is 21.7 Å². The number of nitrogens with zero attached hydrogens (tertiary/aromatic N) is 4. The second-order valence-corrected chi connectivity index (χ2v) is 11.3. The highest BCUT2D eigenvalue weighted by Crippen LogP contribution is 2.33. The number of thiazole rings is 1. The van der Waals surface area contributed by atoms with Gasteiger partial charge in [-0.1, -0.05) is 47.7 Å². The lowest BCUT2D eigenvalue weighted by molar-refractivity contribution is -0.139. The number of hydrogen-bond acceptors (Lipinski definition) is 7. The summed E-state index contributed by atoms with van der Waals surface area (Å²) in [7, 11) is 0. The molecule has 1 aliphatic heterocycles. The lowest BCUT2D eigenvalue weighted by Gasteiger charge is -2.23. The number of nitriles is 1. The van der Waals surface area contributed by atoms with Crippen LogP contribution < -0.4 is 14.9 Å². The van der Waals surface area contributed by atoms with Crippen molar-refractivity contribution in [1.82, 2.24) is 9.13 Å². The third-order valence-electron chi connectivity index (χ3n) is 6.87. The quantitative estimate of drug-likeness (QED) is 0.279. The molecule has 0 amide bonds. The normalized spacial score (nSPS) is 15.1.